The van der Waals surface area contributed by atoms with Gasteiger partial charge < -0.3 is 47.8 Å². The summed E-state index contributed by atoms with van der Waals surface area (Å²) in [5.74, 6) is -4.28. The van der Waals surface area contributed by atoms with Gasteiger partial charge in [0.2, 0.25) is 29.5 Å². The van der Waals surface area contributed by atoms with Crippen molar-refractivity contribution in [2.75, 3.05) is 13.1 Å². The maximum absolute atomic E-state index is 13.9. The number of rotatable bonds is 11. The number of phenols is 1. The van der Waals surface area contributed by atoms with Crippen LogP contribution in [0.4, 0.5) is 0 Å². The zero-order valence-electron chi connectivity index (χ0n) is 28.2. The van der Waals surface area contributed by atoms with Crippen molar-refractivity contribution in [1.82, 2.24) is 26.2 Å². The molecule has 0 spiro atoms. The average Bonchev–Trinajstić information content (AvgIpc) is 3.55. The maximum atomic E-state index is 13.9. The topological polar surface area (TPSA) is 246 Å². The third-order valence-electron chi connectivity index (χ3n) is 8.63. The third kappa shape index (κ3) is 11.9. The lowest BCUT2D eigenvalue weighted by Gasteiger charge is -2.30. The van der Waals surface area contributed by atoms with Crippen LogP contribution in [0.15, 0.2) is 36.4 Å². The van der Waals surface area contributed by atoms with Crippen LogP contribution in [0.25, 0.3) is 0 Å². The Morgan fingerprint density at radius 1 is 0.959 bits per heavy atom. The molecule has 5 amide bonds. The van der Waals surface area contributed by atoms with Crippen LogP contribution in [0, 0.1) is 5.92 Å². The molecule has 0 unspecified atom stereocenters. The Morgan fingerprint density at radius 2 is 1.63 bits per heavy atom. The monoisotopic (exact) mass is 685 g/mol. The van der Waals surface area contributed by atoms with Crippen LogP contribution in [0.2, 0.25) is 0 Å². The summed E-state index contributed by atoms with van der Waals surface area (Å²) in [6.45, 7) is 4.32. The van der Waals surface area contributed by atoms with Crippen LogP contribution in [-0.2, 0) is 35.2 Å². The molecule has 0 aromatic heterocycles. The van der Waals surface area contributed by atoms with Gasteiger partial charge in [0.15, 0.2) is 0 Å². The smallest absolute Gasteiger partial charge is 0.326 e. The van der Waals surface area contributed by atoms with E-state index in [0.29, 0.717) is 44.2 Å². The first-order chi connectivity index (χ1) is 23.3. The summed E-state index contributed by atoms with van der Waals surface area (Å²) < 4.78 is 0. The van der Waals surface area contributed by atoms with Gasteiger partial charge in [0.25, 0.3) is 0 Å². The molecule has 3 rings (SSSR count). The number of unbranched alkanes of at least 4 members (excludes halogenated alkanes) is 1. The number of nitrogens with one attached hydrogen (secondary N) is 4. The van der Waals surface area contributed by atoms with Gasteiger partial charge in [0.1, 0.15) is 36.0 Å². The van der Waals surface area contributed by atoms with Crippen molar-refractivity contribution in [2.24, 2.45) is 17.4 Å². The Morgan fingerprint density at radius 3 is 2.29 bits per heavy atom. The summed E-state index contributed by atoms with van der Waals surface area (Å²) in [6, 6.07) is -0.470. The summed E-state index contributed by atoms with van der Waals surface area (Å²) in [5, 5.41) is 30.2. The van der Waals surface area contributed by atoms with Gasteiger partial charge in [-0.05, 0) is 81.5 Å². The molecule has 0 radical (unpaired) electrons. The highest BCUT2D eigenvalue weighted by molar-refractivity contribution is 5.96. The van der Waals surface area contributed by atoms with E-state index in [1.165, 1.54) is 17.0 Å². The fraction of sp³-hybridized carbons (Fsp3) is 0.588. The van der Waals surface area contributed by atoms with Gasteiger partial charge in [0.05, 0.1) is 6.04 Å². The van der Waals surface area contributed by atoms with Gasteiger partial charge in [-0.25, -0.2) is 4.79 Å². The number of amides is 5. The van der Waals surface area contributed by atoms with Crippen molar-refractivity contribution >= 4 is 35.5 Å². The molecule has 1 fully saturated rings. The van der Waals surface area contributed by atoms with E-state index < -0.39 is 71.8 Å². The molecule has 6 atom stereocenters. The Labute approximate surface area is 286 Å². The molecule has 15 nitrogen and oxygen atoms in total. The lowest BCUT2D eigenvalue weighted by Crippen LogP contribution is -2.59. The number of phenolic OH excluding ortho intramolecular Hbond substituents is 1. The second-order valence-electron chi connectivity index (χ2n) is 13.1. The number of nitrogens with zero attached hydrogens (tertiary/aromatic N) is 1. The van der Waals surface area contributed by atoms with E-state index in [1.54, 1.807) is 24.3 Å². The van der Waals surface area contributed by atoms with Crippen LogP contribution in [-0.4, -0.2) is 100.0 Å². The van der Waals surface area contributed by atoms with E-state index >= 15 is 0 Å². The fourth-order valence-electron chi connectivity index (χ4n) is 5.93. The Hall–Kier alpha value is -4.50. The number of hydrogen-bond acceptors (Lipinski definition) is 9. The molecule has 0 bridgehead atoms. The number of aliphatic carboxylic acids is 1. The molecule has 49 heavy (non-hydrogen) atoms. The number of benzene rings is 1. The minimum atomic E-state index is -1.24. The Balaban J connectivity index is 1.99. The summed E-state index contributed by atoms with van der Waals surface area (Å²) in [7, 11) is 0. The Bertz CT molecular complexity index is 1350. The number of carbonyl (C=O) groups is 6. The molecule has 0 saturated carbocycles. The Kier molecular flexibility index (Phi) is 15.0. The third-order valence-corrected chi connectivity index (χ3v) is 8.63. The fourth-order valence-corrected chi connectivity index (χ4v) is 5.93. The zero-order chi connectivity index (χ0) is 36.1. The second kappa shape index (κ2) is 18.9. The first-order valence-electron chi connectivity index (χ1n) is 16.9. The number of carbonyl (C=O) groups excluding carboxylic acids is 5. The van der Waals surface area contributed by atoms with E-state index in [2.05, 4.69) is 21.3 Å². The number of nitrogens with two attached hydrogens (primary N) is 2. The van der Waals surface area contributed by atoms with Crippen LogP contribution >= 0.6 is 0 Å². The molecule has 1 aromatic carbocycles. The van der Waals surface area contributed by atoms with Gasteiger partial charge in [-0.15, -0.1) is 0 Å². The van der Waals surface area contributed by atoms with E-state index in [1.807, 2.05) is 13.8 Å². The van der Waals surface area contributed by atoms with Crippen molar-refractivity contribution in [3.05, 3.63) is 42.0 Å². The highest BCUT2D eigenvalue weighted by atomic mass is 16.4. The molecule has 1 saturated heterocycles. The summed E-state index contributed by atoms with van der Waals surface area (Å²) in [4.78, 5) is 81.4. The van der Waals surface area contributed by atoms with E-state index in [9.17, 15) is 39.0 Å². The van der Waals surface area contributed by atoms with Crippen molar-refractivity contribution < 1.29 is 39.0 Å². The highest BCUT2D eigenvalue weighted by Crippen LogP contribution is 2.21. The normalized spacial score (nSPS) is 24.8. The van der Waals surface area contributed by atoms with E-state index in [4.69, 9.17) is 11.5 Å². The van der Waals surface area contributed by atoms with Crippen molar-refractivity contribution in [3.8, 4) is 5.75 Å². The maximum Gasteiger partial charge on any atom is 0.326 e. The molecule has 10 N–H and O–H groups in total. The average molecular weight is 686 g/mol. The van der Waals surface area contributed by atoms with Crippen molar-refractivity contribution in [3.63, 3.8) is 0 Å². The summed E-state index contributed by atoms with van der Waals surface area (Å²) in [6.07, 6.45) is 5.60. The molecule has 270 valence electrons. The minimum absolute atomic E-state index is 0.0111. The van der Waals surface area contributed by atoms with Crippen LogP contribution in [0.1, 0.15) is 70.8 Å². The number of carboxylic acid groups (broad SMARTS) is 1. The largest absolute Gasteiger partial charge is 0.508 e. The zero-order valence-corrected chi connectivity index (χ0v) is 28.2. The molecular formula is C34H51N7O8. The van der Waals surface area contributed by atoms with Crippen molar-refractivity contribution in [1.29, 1.82) is 0 Å². The van der Waals surface area contributed by atoms with E-state index in [0.717, 1.165) is 0 Å². The molecule has 1 aromatic rings. The quantitative estimate of drug-likeness (QED) is 0.113. The minimum Gasteiger partial charge on any atom is -0.508 e. The number of aromatic hydroxyl groups is 1. The summed E-state index contributed by atoms with van der Waals surface area (Å²) >= 11 is 0. The van der Waals surface area contributed by atoms with Gasteiger partial charge in [-0.2, -0.15) is 0 Å². The predicted octanol–water partition coefficient (Wildman–Crippen LogP) is -0.198. The first-order valence-corrected chi connectivity index (χ1v) is 16.9. The number of carboxylic acids is 1. The molecular weight excluding hydrogens is 634 g/mol. The van der Waals surface area contributed by atoms with Crippen LogP contribution < -0.4 is 32.7 Å². The van der Waals surface area contributed by atoms with Gasteiger partial charge >= 0.3 is 5.97 Å². The SMILES string of the molecule is CC(C)C[C@H](NC(=O)[C@@H]1CC=CC[C@H](N)C(=O)N[C@@H](CCCCN)C(=O)N2CCC[C@H]2C(=O)N[C@@H](Cc2ccc(O)cc2)C(=O)N1)C(=O)O. The summed E-state index contributed by atoms with van der Waals surface area (Å²) in [5.41, 5.74) is 12.4. The standard InChI is InChI=1S/C34H51N7O8/c1-20(2)18-27(34(48)49)40-30(44)24-9-4-3-8-23(36)29(43)38-25(10-5-6-16-35)33(47)41-17-7-11-28(41)32(46)39-26(31(45)37-24)19-21-12-14-22(42)15-13-21/h3-4,12-15,20,23-28,42H,5-11,16-19,35-36H2,1-2H3,(H,37,45)(H,38,43)(H,39,46)(H,40,44)(H,48,49)/t23-,24-,25-,26-,27-,28-/m0/s1. The second-order valence-corrected chi connectivity index (χ2v) is 13.1. The lowest BCUT2D eigenvalue weighted by atomic mass is 10.0. The molecule has 0 aliphatic carbocycles. The van der Waals surface area contributed by atoms with Crippen LogP contribution in [0.3, 0.4) is 0 Å². The first kappa shape index (κ1) is 38.9. The lowest BCUT2D eigenvalue weighted by molar-refractivity contribution is -0.143. The van der Waals surface area contributed by atoms with Crippen molar-refractivity contribution in [2.45, 2.75) is 108 Å². The van der Waals surface area contributed by atoms with Gasteiger partial charge in [-0.3, -0.25) is 24.0 Å². The highest BCUT2D eigenvalue weighted by Gasteiger charge is 2.39. The number of fused-ring (bicyclic) bond motifs is 1. The molecule has 2 aliphatic heterocycles. The molecule has 2 aliphatic rings. The molecule has 2 heterocycles. The van der Waals surface area contributed by atoms with Gasteiger partial charge in [-0.1, -0.05) is 38.1 Å². The molecule has 15 heteroatoms. The number of hydrogen-bond donors (Lipinski definition) is 8. The van der Waals surface area contributed by atoms with Crippen LogP contribution in [0.5, 0.6) is 5.75 Å². The van der Waals surface area contributed by atoms with E-state index in [-0.39, 0.29) is 43.9 Å². The van der Waals surface area contributed by atoms with Gasteiger partial charge in [0, 0.05) is 13.0 Å². The predicted molar refractivity (Wildman–Crippen MR) is 181 cm³/mol.